The van der Waals surface area contributed by atoms with E-state index in [0.717, 1.165) is 12.1 Å². The maximum Gasteiger partial charge on any atom is 0.169 e. The molecule has 0 saturated heterocycles. The first kappa shape index (κ1) is 14.5. The van der Waals surface area contributed by atoms with E-state index < -0.39 is 11.6 Å². The molecule has 0 aromatic heterocycles. The topological polar surface area (TPSA) is 35.2 Å². The average molecular weight is 292 g/mol. The lowest BCUT2D eigenvalue weighted by atomic mass is 10.3. The van der Waals surface area contributed by atoms with Crippen LogP contribution in [0.5, 0.6) is 11.5 Å². The predicted molar refractivity (Wildman–Crippen MR) is 69.5 cm³/mol. The Hall–Kier alpha value is -1.52. The molecule has 0 aliphatic rings. The Balaban J connectivity index is 0.00000162. The van der Waals surface area contributed by atoms with Crippen molar-refractivity contribution in [2.75, 3.05) is 5.73 Å². The van der Waals surface area contributed by atoms with Crippen LogP contribution in [0.15, 0.2) is 36.4 Å². The van der Waals surface area contributed by atoms with Gasteiger partial charge in [-0.25, -0.2) is 8.78 Å². The summed E-state index contributed by atoms with van der Waals surface area (Å²) in [7, 11) is 0. The number of rotatable bonds is 2. The second kappa shape index (κ2) is 5.89. The highest BCUT2D eigenvalue weighted by Gasteiger charge is 2.11. The molecule has 0 spiro atoms. The monoisotopic (exact) mass is 291 g/mol. The van der Waals surface area contributed by atoms with Crippen LogP contribution in [0.1, 0.15) is 0 Å². The second-order valence-electron chi connectivity index (χ2n) is 3.33. The number of halogens is 4. The van der Waals surface area contributed by atoms with Gasteiger partial charge in [-0.05, 0) is 24.3 Å². The second-order valence-corrected chi connectivity index (χ2v) is 3.74. The largest absolute Gasteiger partial charge is 0.451 e. The number of nitrogens with two attached hydrogens (primary N) is 1. The third-order valence-electron chi connectivity index (χ3n) is 2.10. The van der Waals surface area contributed by atoms with Crippen LogP contribution in [0.3, 0.4) is 0 Å². The summed E-state index contributed by atoms with van der Waals surface area (Å²) in [6, 6.07) is 7.77. The van der Waals surface area contributed by atoms with E-state index in [0.29, 0.717) is 0 Å². The summed E-state index contributed by atoms with van der Waals surface area (Å²) < 4.78 is 31.3. The quantitative estimate of drug-likeness (QED) is 0.832. The normalized spacial score (nSPS) is 9.72. The number of nitrogen functional groups attached to an aromatic ring is 1. The fraction of sp³-hybridized carbons (Fsp3) is 0. The molecule has 18 heavy (non-hydrogen) atoms. The van der Waals surface area contributed by atoms with Crippen LogP contribution < -0.4 is 10.5 Å². The van der Waals surface area contributed by atoms with Crippen LogP contribution in [0.2, 0.25) is 5.02 Å². The number of anilines is 1. The smallest absolute Gasteiger partial charge is 0.169 e. The number of hydrogen-bond donors (Lipinski definition) is 1. The molecule has 0 amide bonds. The van der Waals surface area contributed by atoms with E-state index >= 15 is 0 Å². The first-order chi connectivity index (χ1) is 8.08. The molecule has 0 bridgehead atoms. The summed E-state index contributed by atoms with van der Waals surface area (Å²) in [4.78, 5) is 0. The molecular formula is C12H9Cl2F2NO. The van der Waals surface area contributed by atoms with Crippen LogP contribution in [0, 0.1) is 11.6 Å². The minimum Gasteiger partial charge on any atom is -0.451 e. The van der Waals surface area contributed by atoms with Crippen molar-refractivity contribution in [2.45, 2.75) is 0 Å². The van der Waals surface area contributed by atoms with Crippen molar-refractivity contribution in [2.24, 2.45) is 0 Å². The number of ether oxygens (including phenoxy) is 1. The SMILES string of the molecule is Cl.Nc1cccc(Cl)c1Oc1ccc(F)cc1F. The fourth-order valence-corrected chi connectivity index (χ4v) is 1.52. The van der Waals surface area contributed by atoms with Crippen molar-refractivity contribution in [1.82, 2.24) is 0 Å². The summed E-state index contributed by atoms with van der Waals surface area (Å²) in [6.07, 6.45) is 0. The van der Waals surface area contributed by atoms with Gasteiger partial charge in [0.25, 0.3) is 0 Å². The van der Waals surface area contributed by atoms with Gasteiger partial charge in [-0.2, -0.15) is 0 Å². The van der Waals surface area contributed by atoms with Crippen molar-refractivity contribution in [3.05, 3.63) is 53.1 Å². The van der Waals surface area contributed by atoms with Crippen LogP contribution in [-0.4, -0.2) is 0 Å². The number of hydrogen-bond acceptors (Lipinski definition) is 2. The van der Waals surface area contributed by atoms with Crippen LogP contribution in [0.25, 0.3) is 0 Å². The molecule has 0 radical (unpaired) electrons. The third-order valence-corrected chi connectivity index (χ3v) is 2.40. The van der Waals surface area contributed by atoms with Gasteiger partial charge < -0.3 is 10.5 Å². The van der Waals surface area contributed by atoms with E-state index in [2.05, 4.69) is 0 Å². The third kappa shape index (κ3) is 3.03. The van der Waals surface area contributed by atoms with Crippen molar-refractivity contribution in [3.8, 4) is 11.5 Å². The highest BCUT2D eigenvalue weighted by molar-refractivity contribution is 6.32. The zero-order valence-corrected chi connectivity index (χ0v) is 10.6. The molecule has 0 aliphatic carbocycles. The zero-order chi connectivity index (χ0) is 12.4. The van der Waals surface area contributed by atoms with Crippen molar-refractivity contribution >= 4 is 29.7 Å². The molecule has 0 saturated carbocycles. The summed E-state index contributed by atoms with van der Waals surface area (Å²) in [6.45, 7) is 0. The summed E-state index contributed by atoms with van der Waals surface area (Å²) >= 11 is 5.86. The Morgan fingerprint density at radius 1 is 1.11 bits per heavy atom. The average Bonchev–Trinajstić information content (AvgIpc) is 2.26. The van der Waals surface area contributed by atoms with E-state index in [1.807, 2.05) is 0 Å². The van der Waals surface area contributed by atoms with Gasteiger partial charge in [0.05, 0.1) is 10.7 Å². The molecule has 2 rings (SSSR count). The summed E-state index contributed by atoms with van der Waals surface area (Å²) in [5.74, 6) is -1.47. The van der Waals surface area contributed by atoms with E-state index in [4.69, 9.17) is 22.1 Å². The lowest BCUT2D eigenvalue weighted by Gasteiger charge is -2.10. The van der Waals surface area contributed by atoms with Crippen LogP contribution >= 0.6 is 24.0 Å². The molecule has 2 N–H and O–H groups in total. The molecule has 0 unspecified atom stereocenters. The minimum atomic E-state index is -0.815. The van der Waals surface area contributed by atoms with Gasteiger partial charge in [0.15, 0.2) is 17.3 Å². The molecular weight excluding hydrogens is 283 g/mol. The molecule has 0 fully saturated rings. The van der Waals surface area contributed by atoms with Crippen molar-refractivity contribution < 1.29 is 13.5 Å². The first-order valence-corrected chi connectivity index (χ1v) is 5.12. The maximum absolute atomic E-state index is 13.4. The van der Waals surface area contributed by atoms with Gasteiger partial charge >= 0.3 is 0 Å². The molecule has 6 heteroatoms. The standard InChI is InChI=1S/C12H8ClF2NO.ClH/c13-8-2-1-3-10(16)12(8)17-11-5-4-7(14)6-9(11)15;/h1-6H,16H2;1H. The molecule has 2 aromatic carbocycles. The predicted octanol–water partition coefficient (Wildman–Crippen LogP) is 4.41. The highest BCUT2D eigenvalue weighted by atomic mass is 35.5. The van der Waals surface area contributed by atoms with E-state index in [1.165, 1.54) is 6.07 Å². The van der Waals surface area contributed by atoms with Gasteiger partial charge in [-0.1, -0.05) is 17.7 Å². The minimum absolute atomic E-state index is 0. The Morgan fingerprint density at radius 2 is 1.83 bits per heavy atom. The maximum atomic E-state index is 13.4. The van der Waals surface area contributed by atoms with Gasteiger partial charge in [0.2, 0.25) is 0 Å². The zero-order valence-electron chi connectivity index (χ0n) is 8.99. The van der Waals surface area contributed by atoms with Crippen LogP contribution in [0.4, 0.5) is 14.5 Å². The number of benzene rings is 2. The Morgan fingerprint density at radius 3 is 2.44 bits per heavy atom. The molecule has 0 heterocycles. The lowest BCUT2D eigenvalue weighted by molar-refractivity contribution is 0.439. The molecule has 96 valence electrons. The lowest BCUT2D eigenvalue weighted by Crippen LogP contribution is -1.94. The number of para-hydroxylation sites is 1. The highest BCUT2D eigenvalue weighted by Crippen LogP contribution is 2.35. The van der Waals surface area contributed by atoms with Crippen molar-refractivity contribution in [1.29, 1.82) is 0 Å². The Labute approximate surface area is 114 Å². The molecule has 2 nitrogen and oxygen atoms in total. The van der Waals surface area contributed by atoms with Gasteiger partial charge in [-0.15, -0.1) is 12.4 Å². The van der Waals surface area contributed by atoms with Gasteiger partial charge in [-0.3, -0.25) is 0 Å². The Kier molecular flexibility index (Phi) is 4.76. The molecule has 0 aliphatic heterocycles. The molecule has 2 aromatic rings. The Bertz CT molecular complexity index is 544. The molecule has 0 atom stereocenters. The summed E-state index contributed by atoms with van der Waals surface area (Å²) in [5.41, 5.74) is 5.92. The van der Waals surface area contributed by atoms with E-state index in [-0.39, 0.29) is 34.6 Å². The van der Waals surface area contributed by atoms with E-state index in [1.54, 1.807) is 18.2 Å². The first-order valence-electron chi connectivity index (χ1n) is 4.75. The fourth-order valence-electron chi connectivity index (χ4n) is 1.30. The van der Waals surface area contributed by atoms with Gasteiger partial charge in [0, 0.05) is 6.07 Å². The van der Waals surface area contributed by atoms with Crippen LogP contribution in [-0.2, 0) is 0 Å². The van der Waals surface area contributed by atoms with E-state index in [9.17, 15) is 8.78 Å². The van der Waals surface area contributed by atoms with Gasteiger partial charge in [0.1, 0.15) is 5.82 Å². The summed E-state index contributed by atoms with van der Waals surface area (Å²) in [5, 5.41) is 0.258. The van der Waals surface area contributed by atoms with Crippen molar-refractivity contribution in [3.63, 3.8) is 0 Å².